The van der Waals surface area contributed by atoms with Gasteiger partial charge in [0.15, 0.2) is 0 Å². The van der Waals surface area contributed by atoms with Crippen molar-refractivity contribution in [2.75, 3.05) is 18.4 Å². The number of amides is 2. The normalized spacial score (nSPS) is 16.1. The molecule has 4 aromatic rings. The number of likely N-dealkylation sites (tertiary alicyclic amines) is 1. The average molecular weight is 474 g/mol. The average Bonchev–Trinajstić information content (AvgIpc) is 3.63. The van der Waals surface area contributed by atoms with Crippen molar-refractivity contribution in [2.24, 2.45) is 0 Å². The minimum absolute atomic E-state index is 0.0168. The Labute approximate surface area is 199 Å². The number of rotatable bonds is 4. The van der Waals surface area contributed by atoms with Gasteiger partial charge in [0, 0.05) is 35.6 Å². The lowest BCUT2D eigenvalue weighted by atomic mass is 9.97. The highest BCUT2D eigenvalue weighted by molar-refractivity contribution is 7.10. The van der Waals surface area contributed by atoms with Crippen molar-refractivity contribution in [1.82, 2.24) is 20.2 Å². The van der Waals surface area contributed by atoms with Gasteiger partial charge < -0.3 is 10.2 Å². The monoisotopic (exact) mass is 473 g/mol. The molecule has 2 aromatic carbocycles. The maximum atomic E-state index is 12.9. The van der Waals surface area contributed by atoms with Crippen LogP contribution in [0.4, 0.5) is 5.69 Å². The fourth-order valence-electron chi connectivity index (χ4n) is 4.85. The molecule has 0 radical (unpaired) electrons. The molecule has 6 rings (SSSR count). The Morgan fingerprint density at radius 2 is 1.82 bits per heavy atom. The van der Waals surface area contributed by atoms with Gasteiger partial charge in [-0.25, -0.2) is 9.61 Å². The number of anilines is 1. The van der Waals surface area contributed by atoms with Crippen LogP contribution in [0, 0.1) is 0 Å². The summed E-state index contributed by atoms with van der Waals surface area (Å²) in [5, 5.41) is 13.4. The summed E-state index contributed by atoms with van der Waals surface area (Å²) in [5.41, 5.74) is 5.79. The van der Waals surface area contributed by atoms with Crippen molar-refractivity contribution in [2.45, 2.75) is 38.0 Å². The highest BCUT2D eigenvalue weighted by atomic mass is 32.1. The highest BCUT2D eigenvalue weighted by Gasteiger charge is 2.27. The van der Waals surface area contributed by atoms with Gasteiger partial charge in [-0.1, -0.05) is 6.07 Å². The molecule has 1 aliphatic heterocycles. The summed E-state index contributed by atoms with van der Waals surface area (Å²) in [5.74, 6) is 0.0560. The van der Waals surface area contributed by atoms with Crippen molar-refractivity contribution in [3.63, 3.8) is 0 Å². The molecule has 3 heterocycles. The van der Waals surface area contributed by atoms with Crippen LogP contribution in [0.5, 0.6) is 0 Å². The maximum Gasteiger partial charge on any atom is 0.275 e. The van der Waals surface area contributed by atoms with Crippen LogP contribution in [0.25, 0.3) is 11.0 Å². The van der Waals surface area contributed by atoms with Crippen molar-refractivity contribution in [1.29, 1.82) is 0 Å². The first-order valence-electron chi connectivity index (χ1n) is 11.5. The number of benzene rings is 2. The van der Waals surface area contributed by atoms with Crippen molar-refractivity contribution in [3.8, 4) is 0 Å². The van der Waals surface area contributed by atoms with Crippen LogP contribution in [0.2, 0.25) is 0 Å². The van der Waals surface area contributed by atoms with Gasteiger partial charge in [0.1, 0.15) is 16.7 Å². The second kappa shape index (κ2) is 8.64. The molecule has 34 heavy (non-hydrogen) atoms. The molecule has 2 aliphatic rings. The molecule has 172 valence electrons. The number of thiazole rings is 1. The lowest BCUT2D eigenvalue weighted by Gasteiger charge is -2.31. The smallest absolute Gasteiger partial charge is 0.275 e. The zero-order valence-electron chi connectivity index (χ0n) is 18.5. The molecule has 0 saturated carbocycles. The number of carbonyl (C=O) groups excluding carboxylic acids is 2. The molecular formula is C25H23N5O3S. The Kier molecular flexibility index (Phi) is 5.33. The third-order valence-electron chi connectivity index (χ3n) is 6.74. The van der Waals surface area contributed by atoms with Crippen LogP contribution in [0.15, 0.2) is 46.4 Å². The molecule has 1 fully saturated rings. The zero-order valence-corrected chi connectivity index (χ0v) is 19.3. The Hall–Kier alpha value is -3.59. The van der Waals surface area contributed by atoms with Crippen LogP contribution < -0.4 is 5.32 Å². The molecular weight excluding hydrogens is 450 g/mol. The number of nitrogens with one attached hydrogen (secondary N) is 1. The summed E-state index contributed by atoms with van der Waals surface area (Å²) in [6, 6.07) is 11.4. The van der Waals surface area contributed by atoms with E-state index in [1.54, 1.807) is 18.2 Å². The third-order valence-corrected chi connectivity index (χ3v) is 7.75. The quantitative estimate of drug-likeness (QED) is 0.470. The summed E-state index contributed by atoms with van der Waals surface area (Å²) in [7, 11) is 0. The molecule has 0 spiro atoms. The minimum atomic E-state index is -0.175. The predicted molar refractivity (Wildman–Crippen MR) is 128 cm³/mol. The number of nitrogens with zero attached hydrogens (tertiary/aromatic N) is 4. The molecule has 1 saturated heterocycles. The van der Waals surface area contributed by atoms with E-state index in [0.29, 0.717) is 35.4 Å². The Balaban J connectivity index is 1.07. The van der Waals surface area contributed by atoms with E-state index >= 15 is 0 Å². The van der Waals surface area contributed by atoms with Crippen LogP contribution in [0.3, 0.4) is 0 Å². The molecule has 1 N–H and O–H groups in total. The van der Waals surface area contributed by atoms with E-state index in [0.717, 1.165) is 36.4 Å². The van der Waals surface area contributed by atoms with Gasteiger partial charge in [0.25, 0.3) is 11.8 Å². The zero-order chi connectivity index (χ0) is 23.1. The predicted octanol–water partition coefficient (Wildman–Crippen LogP) is 4.44. The van der Waals surface area contributed by atoms with Gasteiger partial charge in [0.05, 0.1) is 5.01 Å². The van der Waals surface area contributed by atoms with Crippen LogP contribution in [-0.2, 0) is 12.8 Å². The van der Waals surface area contributed by atoms with Crippen LogP contribution in [0.1, 0.15) is 62.2 Å². The van der Waals surface area contributed by atoms with E-state index in [4.69, 9.17) is 4.63 Å². The molecule has 2 aromatic heterocycles. The maximum absolute atomic E-state index is 12.9. The first kappa shape index (κ1) is 21.0. The number of hydrogen-bond acceptors (Lipinski definition) is 7. The van der Waals surface area contributed by atoms with E-state index in [1.165, 1.54) is 28.9 Å². The van der Waals surface area contributed by atoms with Gasteiger partial charge in [-0.3, -0.25) is 9.59 Å². The SMILES string of the molecule is O=C(Nc1ccc2c(c1)CCC2)c1csc(C2CCN(C(=O)c3ccc4nonc4c3)CC2)n1. The number of fused-ring (bicyclic) bond motifs is 2. The van der Waals surface area contributed by atoms with Gasteiger partial charge in [-0.15, -0.1) is 11.3 Å². The molecule has 2 amide bonds. The largest absolute Gasteiger partial charge is 0.339 e. The highest BCUT2D eigenvalue weighted by Crippen LogP contribution is 2.31. The topological polar surface area (TPSA) is 101 Å². The van der Waals surface area contributed by atoms with Crippen molar-refractivity contribution >= 4 is 39.9 Å². The van der Waals surface area contributed by atoms with Gasteiger partial charge in [-0.2, -0.15) is 0 Å². The summed E-state index contributed by atoms with van der Waals surface area (Å²) in [6.07, 6.45) is 5.02. The minimum Gasteiger partial charge on any atom is -0.339 e. The van der Waals surface area contributed by atoms with Gasteiger partial charge in [-0.05, 0) is 83.9 Å². The van der Waals surface area contributed by atoms with E-state index in [1.807, 2.05) is 16.3 Å². The first-order valence-corrected chi connectivity index (χ1v) is 12.4. The van der Waals surface area contributed by atoms with E-state index < -0.39 is 0 Å². The summed E-state index contributed by atoms with van der Waals surface area (Å²) >= 11 is 1.52. The van der Waals surface area contributed by atoms with E-state index in [9.17, 15) is 9.59 Å². The van der Waals surface area contributed by atoms with Gasteiger partial charge >= 0.3 is 0 Å². The van der Waals surface area contributed by atoms with Crippen molar-refractivity contribution in [3.05, 3.63) is 69.2 Å². The Morgan fingerprint density at radius 1 is 1.00 bits per heavy atom. The lowest BCUT2D eigenvalue weighted by molar-refractivity contribution is 0.0713. The number of piperidine rings is 1. The first-order chi connectivity index (χ1) is 16.6. The molecule has 9 heteroatoms. The van der Waals surface area contributed by atoms with E-state index in [2.05, 4.69) is 32.7 Å². The molecule has 0 atom stereocenters. The summed E-state index contributed by atoms with van der Waals surface area (Å²) in [6.45, 7) is 1.30. The standard InChI is InChI=1S/C25H23N5O3S/c31-23(26-19-6-4-15-2-1-3-17(15)12-19)22-14-34-24(27-22)16-8-10-30(11-9-16)25(32)18-5-7-20-21(13-18)29-33-28-20/h4-7,12-14,16H,1-3,8-11H2,(H,26,31). The summed E-state index contributed by atoms with van der Waals surface area (Å²) < 4.78 is 4.72. The van der Waals surface area contributed by atoms with Crippen LogP contribution in [-0.4, -0.2) is 45.1 Å². The molecule has 8 nitrogen and oxygen atoms in total. The Morgan fingerprint density at radius 3 is 2.71 bits per heavy atom. The fraction of sp³-hybridized carbons (Fsp3) is 0.320. The second-order valence-electron chi connectivity index (χ2n) is 8.90. The second-order valence-corrected chi connectivity index (χ2v) is 9.79. The summed E-state index contributed by atoms with van der Waals surface area (Å²) in [4.78, 5) is 32.2. The van der Waals surface area contributed by atoms with E-state index in [-0.39, 0.29) is 17.7 Å². The molecule has 0 unspecified atom stereocenters. The Bertz CT molecular complexity index is 1390. The number of hydrogen-bond donors (Lipinski definition) is 1. The third kappa shape index (κ3) is 3.96. The fourth-order valence-corrected chi connectivity index (χ4v) is 5.82. The van der Waals surface area contributed by atoms with Crippen molar-refractivity contribution < 1.29 is 14.2 Å². The number of aromatic nitrogens is 3. The lowest BCUT2D eigenvalue weighted by Crippen LogP contribution is -2.37. The van der Waals surface area contributed by atoms with Gasteiger partial charge in [0.2, 0.25) is 0 Å². The molecule has 1 aliphatic carbocycles. The van der Waals surface area contributed by atoms with Crippen LogP contribution >= 0.6 is 11.3 Å². The molecule has 0 bridgehead atoms. The number of carbonyl (C=O) groups is 2. The number of aryl methyl sites for hydroxylation is 2.